The van der Waals surface area contributed by atoms with Crippen molar-refractivity contribution in [1.29, 1.82) is 0 Å². The minimum Gasteiger partial charge on any atom is -0.355 e. The van der Waals surface area contributed by atoms with E-state index in [0.29, 0.717) is 0 Å². The van der Waals surface area contributed by atoms with E-state index in [0.717, 1.165) is 30.8 Å². The third kappa shape index (κ3) is 7.93. The van der Waals surface area contributed by atoms with Crippen molar-refractivity contribution in [1.82, 2.24) is 15.5 Å². The number of rotatable bonds is 5. The van der Waals surface area contributed by atoms with Crippen molar-refractivity contribution in [2.24, 2.45) is 4.99 Å². The highest BCUT2D eigenvalue weighted by atomic mass is 127. The molecule has 0 aromatic heterocycles. The zero-order valence-corrected chi connectivity index (χ0v) is 16.4. The van der Waals surface area contributed by atoms with Gasteiger partial charge in [-0.15, -0.1) is 24.0 Å². The van der Waals surface area contributed by atoms with E-state index in [4.69, 9.17) is 0 Å². The minimum atomic E-state index is 0. The summed E-state index contributed by atoms with van der Waals surface area (Å²) in [6, 6.07) is 0. The van der Waals surface area contributed by atoms with Gasteiger partial charge in [0.2, 0.25) is 0 Å². The number of hydrogen-bond donors (Lipinski definition) is 2. The van der Waals surface area contributed by atoms with Crippen LogP contribution in [0.1, 0.15) is 38.5 Å². The highest BCUT2D eigenvalue weighted by molar-refractivity contribution is 14.0. The molecule has 124 valence electrons. The van der Waals surface area contributed by atoms with Gasteiger partial charge < -0.3 is 15.5 Å². The van der Waals surface area contributed by atoms with E-state index in [1.54, 1.807) is 0 Å². The second kappa shape index (κ2) is 11.8. The number of likely N-dealkylation sites (tertiary alicyclic amines) is 1. The monoisotopic (exact) mass is 426 g/mol. The molecule has 2 N–H and O–H groups in total. The predicted molar refractivity (Wildman–Crippen MR) is 105 cm³/mol. The maximum absolute atomic E-state index is 4.32. The van der Waals surface area contributed by atoms with Crippen molar-refractivity contribution in [2.75, 3.05) is 45.5 Å². The Bertz CT molecular complexity index is 287. The first-order chi connectivity index (χ1) is 9.88. The topological polar surface area (TPSA) is 39.7 Å². The lowest BCUT2D eigenvalue weighted by Crippen LogP contribution is -2.43. The third-order valence-corrected chi connectivity index (χ3v) is 5.56. The Labute approximate surface area is 151 Å². The van der Waals surface area contributed by atoms with E-state index in [9.17, 15) is 0 Å². The Morgan fingerprint density at radius 1 is 1.14 bits per heavy atom. The molecule has 1 unspecified atom stereocenters. The molecule has 1 atom stereocenters. The van der Waals surface area contributed by atoms with E-state index in [-0.39, 0.29) is 24.0 Å². The molecule has 0 bridgehead atoms. The fourth-order valence-electron chi connectivity index (χ4n) is 2.93. The Hall–Kier alpha value is 0.310. The molecule has 0 saturated carbocycles. The van der Waals surface area contributed by atoms with Crippen molar-refractivity contribution >= 4 is 41.7 Å². The van der Waals surface area contributed by atoms with Gasteiger partial charge in [-0.25, -0.2) is 0 Å². The van der Waals surface area contributed by atoms with Crippen molar-refractivity contribution in [3.63, 3.8) is 0 Å². The molecule has 0 radical (unpaired) electrons. The van der Waals surface area contributed by atoms with Crippen LogP contribution < -0.4 is 10.6 Å². The number of thioether (sulfide) groups is 1. The van der Waals surface area contributed by atoms with Crippen LogP contribution in [-0.4, -0.2) is 61.6 Å². The van der Waals surface area contributed by atoms with Gasteiger partial charge in [0.1, 0.15) is 0 Å². The van der Waals surface area contributed by atoms with Crippen LogP contribution in [0, 0.1) is 0 Å². The van der Waals surface area contributed by atoms with Crippen LogP contribution in [0.25, 0.3) is 0 Å². The minimum absolute atomic E-state index is 0. The summed E-state index contributed by atoms with van der Waals surface area (Å²) in [4.78, 5) is 6.90. The predicted octanol–water partition coefficient (Wildman–Crippen LogP) is 2.54. The molecule has 2 fully saturated rings. The number of aliphatic imine (C=N–C) groups is 1. The normalized spacial score (nSPS) is 24.2. The van der Waals surface area contributed by atoms with Crippen molar-refractivity contribution < 1.29 is 0 Å². The van der Waals surface area contributed by atoms with Gasteiger partial charge in [-0.1, -0.05) is 12.8 Å². The van der Waals surface area contributed by atoms with Crippen LogP contribution in [0.3, 0.4) is 0 Å². The first kappa shape index (κ1) is 19.4. The second-order valence-corrected chi connectivity index (χ2v) is 7.18. The summed E-state index contributed by atoms with van der Waals surface area (Å²) in [5.41, 5.74) is 0. The number of hydrogen-bond acceptors (Lipinski definition) is 3. The van der Waals surface area contributed by atoms with Gasteiger partial charge in [0.15, 0.2) is 5.96 Å². The highest BCUT2D eigenvalue weighted by Gasteiger charge is 2.15. The molecule has 21 heavy (non-hydrogen) atoms. The quantitative estimate of drug-likeness (QED) is 0.403. The lowest BCUT2D eigenvalue weighted by Gasteiger charge is -2.21. The van der Waals surface area contributed by atoms with E-state index < -0.39 is 0 Å². The molecule has 2 heterocycles. The molecule has 0 aromatic rings. The van der Waals surface area contributed by atoms with Crippen molar-refractivity contribution in [3.8, 4) is 0 Å². The van der Waals surface area contributed by atoms with Gasteiger partial charge in [0.25, 0.3) is 0 Å². The summed E-state index contributed by atoms with van der Waals surface area (Å²) in [6.45, 7) is 5.73. The van der Waals surface area contributed by atoms with Crippen LogP contribution in [0.15, 0.2) is 4.99 Å². The first-order valence-electron chi connectivity index (χ1n) is 8.17. The van der Waals surface area contributed by atoms with E-state index >= 15 is 0 Å². The van der Waals surface area contributed by atoms with Crippen LogP contribution >= 0.6 is 35.7 Å². The molecular formula is C15H31IN4S. The average Bonchev–Trinajstić information content (AvgIpc) is 2.85. The largest absolute Gasteiger partial charge is 0.355 e. The number of nitrogens with one attached hydrogen (secondary N) is 2. The van der Waals surface area contributed by atoms with Crippen molar-refractivity contribution in [3.05, 3.63) is 0 Å². The van der Waals surface area contributed by atoms with Crippen molar-refractivity contribution in [2.45, 2.75) is 43.8 Å². The molecule has 2 aliphatic heterocycles. The molecule has 2 saturated heterocycles. The number of nitrogens with zero attached hydrogens (tertiary/aromatic N) is 2. The zero-order chi connectivity index (χ0) is 14.0. The van der Waals surface area contributed by atoms with Gasteiger partial charge in [-0.05, 0) is 44.5 Å². The molecule has 0 aliphatic carbocycles. The summed E-state index contributed by atoms with van der Waals surface area (Å²) in [5, 5.41) is 7.69. The van der Waals surface area contributed by atoms with Gasteiger partial charge in [-0.3, -0.25) is 4.99 Å². The first-order valence-corrected chi connectivity index (χ1v) is 9.22. The number of halogens is 1. The molecular weight excluding hydrogens is 395 g/mol. The Kier molecular flexibility index (Phi) is 10.9. The molecule has 0 spiro atoms. The summed E-state index contributed by atoms with van der Waals surface area (Å²) < 4.78 is 0. The van der Waals surface area contributed by atoms with Gasteiger partial charge >= 0.3 is 0 Å². The summed E-state index contributed by atoms with van der Waals surface area (Å²) in [7, 11) is 1.86. The third-order valence-electron chi connectivity index (χ3n) is 4.16. The molecule has 2 rings (SSSR count). The lowest BCUT2D eigenvalue weighted by atomic mass is 10.2. The maximum atomic E-state index is 4.32. The van der Waals surface area contributed by atoms with Crippen LogP contribution in [0.4, 0.5) is 0 Å². The maximum Gasteiger partial charge on any atom is 0.191 e. The molecule has 2 aliphatic rings. The molecule has 4 nitrogen and oxygen atoms in total. The smallest absolute Gasteiger partial charge is 0.191 e. The molecule has 6 heteroatoms. The van der Waals surface area contributed by atoms with Crippen LogP contribution in [0.2, 0.25) is 0 Å². The Balaban J connectivity index is 0.00000220. The zero-order valence-electron chi connectivity index (χ0n) is 13.3. The lowest BCUT2D eigenvalue weighted by molar-refractivity contribution is 0.289. The van der Waals surface area contributed by atoms with Gasteiger partial charge in [0.05, 0.1) is 0 Å². The van der Waals surface area contributed by atoms with Gasteiger partial charge in [-0.2, -0.15) is 11.8 Å². The van der Waals surface area contributed by atoms with Crippen LogP contribution in [0.5, 0.6) is 0 Å². The van der Waals surface area contributed by atoms with Gasteiger partial charge in [0, 0.05) is 31.9 Å². The average molecular weight is 426 g/mol. The highest BCUT2D eigenvalue weighted by Crippen LogP contribution is 2.25. The Morgan fingerprint density at radius 3 is 2.52 bits per heavy atom. The fourth-order valence-corrected chi connectivity index (χ4v) is 4.13. The number of guanidine groups is 1. The van der Waals surface area contributed by atoms with Crippen LogP contribution in [-0.2, 0) is 0 Å². The SMILES string of the molecule is CN=C(NCCN1CCCCCC1)NCC1CCCS1.I. The standard InChI is InChI=1S/C15H30N4S.HI/c1-16-15(18-13-14-7-6-12-20-14)17-8-11-19-9-4-2-3-5-10-19;/h14H,2-13H2,1H3,(H2,16,17,18);1H. The summed E-state index contributed by atoms with van der Waals surface area (Å²) >= 11 is 2.09. The van der Waals surface area contributed by atoms with E-state index in [1.165, 1.54) is 57.4 Å². The molecule has 0 aromatic carbocycles. The van der Waals surface area contributed by atoms with E-state index in [1.807, 2.05) is 7.05 Å². The second-order valence-electron chi connectivity index (χ2n) is 5.77. The summed E-state index contributed by atoms with van der Waals surface area (Å²) in [6.07, 6.45) is 8.27. The molecule has 0 amide bonds. The fraction of sp³-hybridized carbons (Fsp3) is 0.933. The van der Waals surface area contributed by atoms with E-state index in [2.05, 4.69) is 32.3 Å². The summed E-state index contributed by atoms with van der Waals surface area (Å²) in [5.74, 6) is 2.29. The Morgan fingerprint density at radius 2 is 1.90 bits per heavy atom.